The molecule has 0 fully saturated rings. The molecule has 0 aliphatic heterocycles. The monoisotopic (exact) mass is 380 g/mol. The van der Waals surface area contributed by atoms with Crippen LogP contribution in [0.4, 0.5) is 4.39 Å². The zero-order chi connectivity index (χ0) is 20.9. The molecule has 0 heterocycles. The Morgan fingerprint density at radius 1 is 0.893 bits per heavy atom. The highest BCUT2D eigenvalue weighted by Crippen LogP contribution is 2.47. The molecule has 0 radical (unpaired) electrons. The van der Waals surface area contributed by atoms with Gasteiger partial charge >= 0.3 is 0 Å². The number of aliphatic hydroxyl groups is 1. The summed E-state index contributed by atoms with van der Waals surface area (Å²) in [4.78, 5) is 25.9. The molecule has 2 aromatic rings. The topological polar surface area (TPSA) is 54.4 Å². The average Bonchev–Trinajstić information content (AvgIpc) is 2.67. The lowest BCUT2D eigenvalue weighted by molar-refractivity contribution is -0.143. The van der Waals surface area contributed by atoms with Gasteiger partial charge in [0.15, 0.2) is 11.6 Å². The van der Waals surface area contributed by atoms with Crippen LogP contribution in [0.15, 0.2) is 48.2 Å². The number of hydrogen-bond donors (Lipinski definition) is 1. The zero-order valence-electron chi connectivity index (χ0n) is 16.9. The number of carbonyl (C=O) groups is 2. The van der Waals surface area contributed by atoms with Crippen LogP contribution in [-0.2, 0) is 16.0 Å². The first-order chi connectivity index (χ1) is 13.0. The van der Waals surface area contributed by atoms with Gasteiger partial charge in [0.05, 0.1) is 16.4 Å². The Bertz CT molecular complexity index is 995. The Morgan fingerprint density at radius 3 is 2.04 bits per heavy atom. The van der Waals surface area contributed by atoms with Crippen molar-refractivity contribution in [1.82, 2.24) is 0 Å². The van der Waals surface area contributed by atoms with Gasteiger partial charge < -0.3 is 5.11 Å². The van der Waals surface area contributed by atoms with Crippen molar-refractivity contribution in [2.24, 2.45) is 10.8 Å². The Morgan fingerprint density at radius 2 is 1.46 bits per heavy atom. The van der Waals surface area contributed by atoms with Gasteiger partial charge in [0.25, 0.3) is 0 Å². The summed E-state index contributed by atoms with van der Waals surface area (Å²) in [7, 11) is 0. The number of aryl methyl sites for hydroxylation is 1. The van der Waals surface area contributed by atoms with Crippen molar-refractivity contribution in [3.05, 3.63) is 65.2 Å². The number of Topliss-reactive ketones (excluding diaryl/α,β-unsaturated/α-hetero) is 2. The highest BCUT2D eigenvalue weighted by Gasteiger charge is 2.53. The molecule has 1 N–H and O–H groups in total. The predicted octanol–water partition coefficient (Wildman–Crippen LogP) is 5.53. The van der Waals surface area contributed by atoms with Crippen molar-refractivity contribution in [3.8, 4) is 11.1 Å². The average molecular weight is 380 g/mol. The first-order valence-corrected chi connectivity index (χ1v) is 9.44. The molecule has 4 heteroatoms. The Kier molecular flexibility index (Phi) is 4.78. The molecule has 0 aromatic heterocycles. The standard InChI is InChI=1S/C24H25FO3/c1-6-14-13-16(15-7-10-17(25)11-8-15)9-12-18(14)19-20(26)23(2,3)22(28)24(4,5)21(19)27/h7-13,26H,6H2,1-5H3. The summed E-state index contributed by atoms with van der Waals surface area (Å²) in [6.45, 7) is 8.50. The van der Waals surface area contributed by atoms with Gasteiger partial charge in [-0.1, -0.05) is 37.3 Å². The third kappa shape index (κ3) is 2.97. The fourth-order valence-corrected chi connectivity index (χ4v) is 3.93. The predicted molar refractivity (Wildman–Crippen MR) is 108 cm³/mol. The van der Waals surface area contributed by atoms with Gasteiger partial charge in [-0.2, -0.15) is 0 Å². The molecule has 0 atom stereocenters. The van der Waals surface area contributed by atoms with Crippen molar-refractivity contribution in [2.45, 2.75) is 41.0 Å². The van der Waals surface area contributed by atoms with Gasteiger partial charge in [0, 0.05) is 0 Å². The maximum absolute atomic E-state index is 13.2. The molecule has 0 bridgehead atoms. The van der Waals surface area contributed by atoms with Crippen LogP contribution >= 0.6 is 0 Å². The maximum atomic E-state index is 13.2. The molecule has 3 rings (SSSR count). The van der Waals surface area contributed by atoms with Gasteiger partial charge in [-0.3, -0.25) is 9.59 Å². The van der Waals surface area contributed by atoms with Crippen molar-refractivity contribution in [2.75, 3.05) is 0 Å². The van der Waals surface area contributed by atoms with E-state index >= 15 is 0 Å². The van der Waals surface area contributed by atoms with Crippen LogP contribution in [-0.4, -0.2) is 16.7 Å². The van der Waals surface area contributed by atoms with E-state index in [1.807, 2.05) is 25.1 Å². The SMILES string of the molecule is CCc1cc(-c2ccc(F)cc2)ccc1C1=C(O)C(C)(C)C(=O)C(C)(C)C1=O. The minimum atomic E-state index is -1.20. The molecule has 28 heavy (non-hydrogen) atoms. The van der Waals surface area contributed by atoms with Gasteiger partial charge in [-0.25, -0.2) is 4.39 Å². The van der Waals surface area contributed by atoms with E-state index in [-0.39, 0.29) is 28.7 Å². The molecule has 1 aliphatic rings. The number of hydrogen-bond acceptors (Lipinski definition) is 3. The van der Waals surface area contributed by atoms with Crippen LogP contribution in [0.5, 0.6) is 0 Å². The number of rotatable bonds is 3. The van der Waals surface area contributed by atoms with Gasteiger partial charge in [-0.15, -0.1) is 0 Å². The third-order valence-corrected chi connectivity index (χ3v) is 5.69. The van der Waals surface area contributed by atoms with Gasteiger partial charge in [0.1, 0.15) is 11.6 Å². The lowest BCUT2D eigenvalue weighted by Crippen LogP contribution is -2.48. The Hall–Kier alpha value is -2.75. The Labute approximate surface area is 164 Å². The Balaban J connectivity index is 2.20. The minimum Gasteiger partial charge on any atom is -0.510 e. The molecule has 1 aliphatic carbocycles. The lowest BCUT2D eigenvalue weighted by Gasteiger charge is -2.38. The molecule has 0 amide bonds. The molecule has 0 saturated heterocycles. The second-order valence-electron chi connectivity index (χ2n) is 8.36. The van der Waals surface area contributed by atoms with E-state index in [9.17, 15) is 19.1 Å². The highest BCUT2D eigenvalue weighted by molar-refractivity contribution is 6.33. The summed E-state index contributed by atoms with van der Waals surface area (Å²) >= 11 is 0. The fourth-order valence-electron chi connectivity index (χ4n) is 3.93. The quantitative estimate of drug-likeness (QED) is 0.713. The number of ketones is 2. The van der Waals surface area contributed by atoms with E-state index in [2.05, 4.69) is 0 Å². The highest BCUT2D eigenvalue weighted by atomic mass is 19.1. The number of halogens is 1. The normalized spacial score (nSPS) is 18.5. The van der Waals surface area contributed by atoms with E-state index in [0.717, 1.165) is 16.7 Å². The smallest absolute Gasteiger partial charge is 0.179 e. The van der Waals surface area contributed by atoms with Crippen LogP contribution in [0.1, 0.15) is 45.7 Å². The molecule has 2 aromatic carbocycles. The van der Waals surface area contributed by atoms with Crippen LogP contribution in [0.25, 0.3) is 16.7 Å². The number of carbonyl (C=O) groups excluding carboxylic acids is 2. The van der Waals surface area contributed by atoms with Crippen molar-refractivity contribution in [1.29, 1.82) is 0 Å². The maximum Gasteiger partial charge on any atom is 0.179 e. The van der Waals surface area contributed by atoms with Crippen LogP contribution in [0.2, 0.25) is 0 Å². The third-order valence-electron chi connectivity index (χ3n) is 5.69. The summed E-state index contributed by atoms with van der Waals surface area (Å²) in [5.74, 6) is -1.12. The van der Waals surface area contributed by atoms with E-state index in [4.69, 9.17) is 0 Å². The number of aliphatic hydroxyl groups excluding tert-OH is 1. The lowest BCUT2D eigenvalue weighted by atomic mass is 9.62. The first-order valence-electron chi connectivity index (χ1n) is 9.44. The summed E-state index contributed by atoms with van der Waals surface area (Å²) in [5, 5.41) is 10.9. The molecule has 0 unspecified atom stereocenters. The second-order valence-corrected chi connectivity index (χ2v) is 8.36. The molecule has 3 nitrogen and oxygen atoms in total. The van der Waals surface area contributed by atoms with Crippen molar-refractivity contribution in [3.63, 3.8) is 0 Å². The van der Waals surface area contributed by atoms with Crippen LogP contribution in [0, 0.1) is 16.6 Å². The second kappa shape index (κ2) is 6.69. The van der Waals surface area contributed by atoms with E-state index in [1.165, 1.54) is 12.1 Å². The summed E-state index contributed by atoms with van der Waals surface area (Å²) in [5.41, 5.74) is 1.18. The van der Waals surface area contributed by atoms with Crippen LogP contribution < -0.4 is 0 Å². The summed E-state index contributed by atoms with van der Waals surface area (Å²) < 4.78 is 13.2. The summed E-state index contributed by atoms with van der Waals surface area (Å²) in [6, 6.07) is 11.8. The van der Waals surface area contributed by atoms with E-state index in [0.29, 0.717) is 12.0 Å². The van der Waals surface area contributed by atoms with E-state index in [1.54, 1.807) is 39.8 Å². The molecule has 146 valence electrons. The largest absolute Gasteiger partial charge is 0.510 e. The summed E-state index contributed by atoms with van der Waals surface area (Å²) in [6.07, 6.45) is 0.642. The molecule has 0 spiro atoms. The fraction of sp³-hybridized carbons (Fsp3) is 0.333. The van der Waals surface area contributed by atoms with Crippen molar-refractivity contribution >= 4 is 17.1 Å². The minimum absolute atomic E-state index is 0.175. The van der Waals surface area contributed by atoms with Crippen molar-refractivity contribution < 1.29 is 19.1 Å². The first kappa shape index (κ1) is 20.0. The molecular formula is C24H25FO3. The van der Waals surface area contributed by atoms with E-state index < -0.39 is 10.8 Å². The number of allylic oxidation sites excluding steroid dienone is 2. The van der Waals surface area contributed by atoms with Crippen LogP contribution in [0.3, 0.4) is 0 Å². The van der Waals surface area contributed by atoms with Gasteiger partial charge in [-0.05, 0) is 68.5 Å². The molecular weight excluding hydrogens is 355 g/mol. The molecule has 0 saturated carbocycles. The van der Waals surface area contributed by atoms with Gasteiger partial charge in [0.2, 0.25) is 0 Å². The number of benzene rings is 2. The zero-order valence-corrected chi connectivity index (χ0v) is 16.9.